The van der Waals surface area contributed by atoms with E-state index in [2.05, 4.69) is 26.6 Å². The summed E-state index contributed by atoms with van der Waals surface area (Å²) >= 11 is 3.57. The number of hydrogen-bond acceptors (Lipinski definition) is 4. The molecule has 0 aromatic heterocycles. The Morgan fingerprint density at radius 3 is 2.60 bits per heavy atom. The van der Waals surface area contributed by atoms with Crippen LogP contribution in [0.15, 0.2) is 40.9 Å². The zero-order valence-corrected chi connectivity index (χ0v) is 16.2. The van der Waals surface area contributed by atoms with E-state index in [9.17, 15) is 4.39 Å². The van der Waals surface area contributed by atoms with Gasteiger partial charge in [-0.1, -0.05) is 34.1 Å². The zero-order valence-electron chi connectivity index (χ0n) is 14.6. The predicted molar refractivity (Wildman–Crippen MR) is 102 cm³/mol. The molecule has 0 aliphatic rings. The lowest BCUT2D eigenvalue weighted by Gasteiger charge is -2.15. The molecular weight excluding hydrogens is 387 g/mol. The number of methoxy groups -OCH3 is 1. The average molecular weight is 411 g/mol. The van der Waals surface area contributed by atoms with E-state index in [4.69, 9.17) is 9.47 Å². The Morgan fingerprint density at radius 1 is 1.08 bits per heavy atom. The third-order valence-corrected chi connectivity index (χ3v) is 4.51. The van der Waals surface area contributed by atoms with Gasteiger partial charge in [-0.25, -0.2) is 4.39 Å². The van der Waals surface area contributed by atoms with Crippen molar-refractivity contribution in [1.29, 1.82) is 0 Å². The summed E-state index contributed by atoms with van der Waals surface area (Å²) in [5.74, 6) is 0.936. The van der Waals surface area contributed by atoms with Gasteiger partial charge in [0.2, 0.25) is 0 Å². The lowest BCUT2D eigenvalue weighted by Crippen LogP contribution is -2.19. The Hall–Kier alpha value is -1.63. The number of hydrogen-bond donors (Lipinski definition) is 2. The third-order valence-electron chi connectivity index (χ3n) is 3.77. The molecule has 2 N–H and O–H groups in total. The molecule has 25 heavy (non-hydrogen) atoms. The smallest absolute Gasteiger partial charge is 0.162 e. The number of nitrogens with one attached hydrogen (secondary N) is 2. The van der Waals surface area contributed by atoms with Crippen molar-refractivity contribution in [1.82, 2.24) is 10.6 Å². The molecule has 0 bridgehead atoms. The fourth-order valence-electron chi connectivity index (χ4n) is 2.37. The fourth-order valence-corrected chi connectivity index (χ4v) is 2.83. The van der Waals surface area contributed by atoms with E-state index in [1.54, 1.807) is 25.3 Å². The molecule has 2 aromatic rings. The van der Waals surface area contributed by atoms with Crippen molar-refractivity contribution in [2.45, 2.75) is 19.6 Å². The molecular formula is C19H24BrFN2O2. The van der Waals surface area contributed by atoms with E-state index in [0.29, 0.717) is 17.1 Å². The SMILES string of the molecule is CNCCCNCc1cc(OC)c(OCc2ccccc2F)cc1Br. The van der Waals surface area contributed by atoms with Crippen molar-refractivity contribution >= 4 is 15.9 Å². The van der Waals surface area contributed by atoms with E-state index in [-0.39, 0.29) is 12.4 Å². The lowest BCUT2D eigenvalue weighted by molar-refractivity contribution is 0.279. The first-order valence-electron chi connectivity index (χ1n) is 8.23. The van der Waals surface area contributed by atoms with Gasteiger partial charge in [0.05, 0.1) is 7.11 Å². The summed E-state index contributed by atoms with van der Waals surface area (Å²) in [7, 11) is 3.55. The number of halogens is 2. The summed E-state index contributed by atoms with van der Waals surface area (Å²) in [6.45, 7) is 2.80. The molecule has 0 amide bonds. The summed E-state index contributed by atoms with van der Waals surface area (Å²) in [5, 5.41) is 6.52. The first-order chi connectivity index (χ1) is 12.2. The number of rotatable bonds is 10. The van der Waals surface area contributed by atoms with E-state index >= 15 is 0 Å². The molecule has 0 fully saturated rings. The first-order valence-corrected chi connectivity index (χ1v) is 9.03. The van der Waals surface area contributed by atoms with Crippen LogP contribution in [0.4, 0.5) is 4.39 Å². The Labute approximate surface area is 156 Å². The summed E-state index contributed by atoms with van der Waals surface area (Å²) in [6, 6.07) is 10.4. The molecule has 0 aliphatic carbocycles. The highest BCUT2D eigenvalue weighted by Crippen LogP contribution is 2.34. The van der Waals surface area contributed by atoms with Crippen LogP contribution in [-0.4, -0.2) is 27.2 Å². The van der Waals surface area contributed by atoms with Gasteiger partial charge in [-0.3, -0.25) is 0 Å². The molecule has 6 heteroatoms. The van der Waals surface area contributed by atoms with Gasteiger partial charge in [-0.2, -0.15) is 0 Å². The maximum atomic E-state index is 13.7. The average Bonchev–Trinajstić information content (AvgIpc) is 2.62. The van der Waals surface area contributed by atoms with Gasteiger partial charge >= 0.3 is 0 Å². The van der Waals surface area contributed by atoms with Gasteiger partial charge in [-0.15, -0.1) is 0 Å². The highest BCUT2D eigenvalue weighted by Gasteiger charge is 2.11. The van der Waals surface area contributed by atoms with Crippen molar-refractivity contribution in [2.24, 2.45) is 0 Å². The second kappa shape index (κ2) is 10.4. The second-order valence-electron chi connectivity index (χ2n) is 5.61. The van der Waals surface area contributed by atoms with Crippen LogP contribution in [0.3, 0.4) is 0 Å². The maximum absolute atomic E-state index is 13.7. The van der Waals surface area contributed by atoms with Crippen LogP contribution in [0.2, 0.25) is 0 Å². The van der Waals surface area contributed by atoms with Crippen LogP contribution in [0.5, 0.6) is 11.5 Å². The maximum Gasteiger partial charge on any atom is 0.162 e. The van der Waals surface area contributed by atoms with Crippen molar-refractivity contribution in [3.8, 4) is 11.5 Å². The van der Waals surface area contributed by atoms with Gasteiger partial charge in [0.1, 0.15) is 12.4 Å². The monoisotopic (exact) mass is 410 g/mol. The summed E-state index contributed by atoms with van der Waals surface area (Å²) in [6.07, 6.45) is 1.06. The summed E-state index contributed by atoms with van der Waals surface area (Å²) in [5.41, 5.74) is 1.59. The van der Waals surface area contributed by atoms with E-state index in [0.717, 1.165) is 36.1 Å². The zero-order chi connectivity index (χ0) is 18.1. The summed E-state index contributed by atoms with van der Waals surface area (Å²) in [4.78, 5) is 0. The standard InChI is InChI=1S/C19H24BrFN2O2/c1-22-8-5-9-23-12-15-10-18(24-2)19(11-16(15)20)25-13-14-6-3-4-7-17(14)21/h3-4,6-7,10-11,22-23H,5,8-9,12-13H2,1-2H3. The number of ether oxygens (including phenoxy) is 2. The molecule has 0 aliphatic heterocycles. The topological polar surface area (TPSA) is 42.5 Å². The third kappa shape index (κ3) is 5.99. The van der Waals surface area contributed by atoms with Crippen molar-refractivity contribution in [3.05, 3.63) is 57.8 Å². The Kier molecular flexibility index (Phi) is 8.18. The highest BCUT2D eigenvalue weighted by molar-refractivity contribution is 9.10. The molecule has 0 saturated carbocycles. The predicted octanol–water partition coefficient (Wildman–Crippen LogP) is 3.87. The van der Waals surface area contributed by atoms with Gasteiger partial charge in [0.25, 0.3) is 0 Å². The van der Waals surface area contributed by atoms with E-state index < -0.39 is 0 Å². The van der Waals surface area contributed by atoms with Gasteiger partial charge in [-0.05, 0) is 50.3 Å². The van der Waals surface area contributed by atoms with Crippen molar-refractivity contribution in [3.63, 3.8) is 0 Å². The molecule has 0 radical (unpaired) electrons. The Bertz CT molecular complexity index is 682. The van der Waals surface area contributed by atoms with Crippen molar-refractivity contribution in [2.75, 3.05) is 27.2 Å². The van der Waals surface area contributed by atoms with Crippen LogP contribution in [0.1, 0.15) is 17.5 Å². The molecule has 2 aromatic carbocycles. The van der Waals surface area contributed by atoms with Crippen LogP contribution < -0.4 is 20.1 Å². The van der Waals surface area contributed by atoms with E-state index in [1.807, 2.05) is 19.2 Å². The minimum Gasteiger partial charge on any atom is -0.493 e. The van der Waals surface area contributed by atoms with Crippen LogP contribution in [0, 0.1) is 5.82 Å². The Balaban J connectivity index is 2.01. The van der Waals surface area contributed by atoms with Gasteiger partial charge in [0.15, 0.2) is 11.5 Å². The quantitative estimate of drug-likeness (QED) is 0.583. The normalized spacial score (nSPS) is 10.7. The first kappa shape index (κ1) is 19.7. The minimum atomic E-state index is -0.275. The largest absolute Gasteiger partial charge is 0.493 e. The Morgan fingerprint density at radius 2 is 1.88 bits per heavy atom. The molecule has 0 atom stereocenters. The van der Waals surface area contributed by atoms with Crippen LogP contribution in [0.25, 0.3) is 0 Å². The van der Waals surface area contributed by atoms with Crippen LogP contribution in [-0.2, 0) is 13.2 Å². The number of benzene rings is 2. The summed E-state index contributed by atoms with van der Waals surface area (Å²) < 4.78 is 25.8. The van der Waals surface area contributed by atoms with Gasteiger partial charge < -0.3 is 20.1 Å². The van der Waals surface area contributed by atoms with E-state index in [1.165, 1.54) is 6.07 Å². The molecule has 136 valence electrons. The van der Waals surface area contributed by atoms with Gasteiger partial charge in [0, 0.05) is 16.6 Å². The molecule has 0 saturated heterocycles. The fraction of sp³-hybridized carbons (Fsp3) is 0.368. The molecule has 2 rings (SSSR count). The molecule has 0 heterocycles. The second-order valence-corrected chi connectivity index (χ2v) is 6.46. The molecule has 0 spiro atoms. The molecule has 4 nitrogen and oxygen atoms in total. The minimum absolute atomic E-state index is 0.150. The lowest BCUT2D eigenvalue weighted by atomic mass is 10.2. The van der Waals surface area contributed by atoms with Crippen molar-refractivity contribution < 1.29 is 13.9 Å². The highest BCUT2D eigenvalue weighted by atomic mass is 79.9. The molecule has 0 unspecified atom stereocenters. The van der Waals surface area contributed by atoms with Crippen LogP contribution >= 0.6 is 15.9 Å².